The molecule has 0 saturated carbocycles. The van der Waals surface area contributed by atoms with Crippen molar-refractivity contribution in [3.63, 3.8) is 0 Å². The molecule has 0 saturated heterocycles. The number of aliphatic hydroxyl groups excluding tert-OH is 1. The van der Waals surface area contributed by atoms with Crippen LogP contribution in [0.5, 0.6) is 0 Å². The fraction of sp³-hybridized carbons (Fsp3) is 0.841. The van der Waals surface area contributed by atoms with E-state index in [-0.39, 0.29) is 12.6 Å². The number of allylic oxidation sites excluding steroid dienone is 6. The molecule has 0 rings (SSSR count). The fourth-order valence-corrected chi connectivity index (χ4v) is 6.00. The maximum absolute atomic E-state index is 12.2. The van der Waals surface area contributed by atoms with Crippen LogP contribution in [-0.2, 0) is 14.3 Å². The highest BCUT2D eigenvalue weighted by molar-refractivity contribution is 5.69. The molecule has 0 fully saturated rings. The van der Waals surface area contributed by atoms with Gasteiger partial charge in [0.15, 0.2) is 0 Å². The molecule has 1 atom stereocenters. The summed E-state index contributed by atoms with van der Waals surface area (Å²) in [6, 6.07) is 0. The monoisotopic (exact) mass is 675 g/mol. The van der Waals surface area contributed by atoms with Gasteiger partial charge in [-0.2, -0.15) is 0 Å². The minimum absolute atomic E-state index is 0.174. The van der Waals surface area contributed by atoms with Gasteiger partial charge in [-0.15, -0.1) is 0 Å². The molecular formula is C44H82O4. The average molecular weight is 675 g/mol. The molecule has 0 aliphatic heterocycles. The quantitative estimate of drug-likeness (QED) is 0.0400. The van der Waals surface area contributed by atoms with Gasteiger partial charge in [-0.25, -0.2) is 0 Å². The molecule has 0 aromatic rings. The topological polar surface area (TPSA) is 55.8 Å². The van der Waals surface area contributed by atoms with Crippen LogP contribution < -0.4 is 0 Å². The molecular weight excluding hydrogens is 592 g/mol. The van der Waals surface area contributed by atoms with Gasteiger partial charge in [-0.3, -0.25) is 4.79 Å². The van der Waals surface area contributed by atoms with Gasteiger partial charge in [0, 0.05) is 13.0 Å². The van der Waals surface area contributed by atoms with E-state index in [4.69, 9.17) is 9.47 Å². The summed E-state index contributed by atoms with van der Waals surface area (Å²) in [5.41, 5.74) is 0. The van der Waals surface area contributed by atoms with E-state index in [0.717, 1.165) is 25.7 Å². The number of hydrogen-bond donors (Lipinski definition) is 1. The second-order valence-electron chi connectivity index (χ2n) is 14.1. The van der Waals surface area contributed by atoms with Crippen molar-refractivity contribution in [2.75, 3.05) is 19.8 Å². The van der Waals surface area contributed by atoms with Crippen LogP contribution in [0.25, 0.3) is 0 Å². The Morgan fingerprint density at radius 1 is 0.500 bits per heavy atom. The number of esters is 1. The molecule has 0 amide bonds. The smallest absolute Gasteiger partial charge is 0.306 e. The molecule has 1 unspecified atom stereocenters. The second-order valence-corrected chi connectivity index (χ2v) is 14.1. The van der Waals surface area contributed by atoms with Crippen molar-refractivity contribution < 1.29 is 19.4 Å². The van der Waals surface area contributed by atoms with E-state index in [2.05, 4.69) is 50.3 Å². The summed E-state index contributed by atoms with van der Waals surface area (Å²) in [7, 11) is 0. The zero-order valence-corrected chi connectivity index (χ0v) is 32.3. The SMILES string of the molecule is CCCCC/C=C\CCCCCCCCOCC(CO)OC(=O)CCCCCCCCCCCCC/C=C\C/C=C\CCCCCCC. The van der Waals surface area contributed by atoms with E-state index in [0.29, 0.717) is 19.6 Å². The van der Waals surface area contributed by atoms with Crippen LogP contribution >= 0.6 is 0 Å². The summed E-state index contributed by atoms with van der Waals surface area (Å²) in [4.78, 5) is 12.2. The predicted molar refractivity (Wildman–Crippen MR) is 210 cm³/mol. The maximum Gasteiger partial charge on any atom is 0.306 e. The van der Waals surface area contributed by atoms with Gasteiger partial charge in [-0.1, -0.05) is 172 Å². The minimum atomic E-state index is -0.536. The molecule has 0 aliphatic rings. The summed E-state index contributed by atoms with van der Waals surface area (Å²) >= 11 is 0. The van der Waals surface area contributed by atoms with Crippen LogP contribution in [0.2, 0.25) is 0 Å². The van der Waals surface area contributed by atoms with Crippen molar-refractivity contribution in [3.8, 4) is 0 Å². The molecule has 4 heteroatoms. The maximum atomic E-state index is 12.2. The van der Waals surface area contributed by atoms with Crippen molar-refractivity contribution in [3.05, 3.63) is 36.5 Å². The summed E-state index contributed by atoms with van der Waals surface area (Å²) in [6.07, 6.45) is 52.0. The Balaban J connectivity index is 3.42. The molecule has 0 bridgehead atoms. The number of aliphatic hydroxyl groups is 1. The van der Waals surface area contributed by atoms with Crippen molar-refractivity contribution in [1.82, 2.24) is 0 Å². The molecule has 1 N–H and O–H groups in total. The molecule has 0 aliphatic carbocycles. The van der Waals surface area contributed by atoms with Crippen molar-refractivity contribution in [2.45, 2.75) is 219 Å². The summed E-state index contributed by atoms with van der Waals surface area (Å²) in [5, 5.41) is 9.58. The van der Waals surface area contributed by atoms with Crippen LogP contribution in [0.15, 0.2) is 36.5 Å². The zero-order chi connectivity index (χ0) is 34.9. The summed E-state index contributed by atoms with van der Waals surface area (Å²) in [5.74, 6) is -0.204. The number of ether oxygens (including phenoxy) is 2. The number of rotatable bonds is 39. The van der Waals surface area contributed by atoms with Gasteiger partial charge in [0.25, 0.3) is 0 Å². The van der Waals surface area contributed by atoms with Crippen LogP contribution in [0.3, 0.4) is 0 Å². The van der Waals surface area contributed by atoms with Gasteiger partial charge in [0.2, 0.25) is 0 Å². The summed E-state index contributed by atoms with van der Waals surface area (Å²) in [6.45, 7) is 5.32. The molecule has 48 heavy (non-hydrogen) atoms. The first-order valence-electron chi connectivity index (χ1n) is 21.1. The van der Waals surface area contributed by atoms with Crippen LogP contribution in [0.1, 0.15) is 213 Å². The Labute approximate surface area is 300 Å². The summed E-state index contributed by atoms with van der Waals surface area (Å²) < 4.78 is 11.1. The van der Waals surface area contributed by atoms with E-state index in [1.165, 1.54) is 167 Å². The van der Waals surface area contributed by atoms with Crippen LogP contribution in [0.4, 0.5) is 0 Å². The lowest BCUT2D eigenvalue weighted by molar-refractivity contribution is -0.154. The Hall–Kier alpha value is -1.39. The van der Waals surface area contributed by atoms with E-state index >= 15 is 0 Å². The first-order valence-corrected chi connectivity index (χ1v) is 21.1. The molecule has 0 aromatic carbocycles. The first-order chi connectivity index (χ1) is 23.7. The highest BCUT2D eigenvalue weighted by atomic mass is 16.6. The highest BCUT2D eigenvalue weighted by Crippen LogP contribution is 2.14. The number of carbonyl (C=O) groups excluding carboxylic acids is 1. The lowest BCUT2D eigenvalue weighted by atomic mass is 10.0. The third kappa shape index (κ3) is 39.1. The Morgan fingerprint density at radius 2 is 0.875 bits per heavy atom. The van der Waals surface area contributed by atoms with E-state index in [1.807, 2.05) is 0 Å². The number of carbonyl (C=O) groups is 1. The molecule has 0 aromatic heterocycles. The Bertz CT molecular complexity index is 713. The molecule has 0 spiro atoms. The highest BCUT2D eigenvalue weighted by Gasteiger charge is 2.13. The predicted octanol–water partition coefficient (Wildman–Crippen LogP) is 13.7. The lowest BCUT2D eigenvalue weighted by Crippen LogP contribution is -2.27. The minimum Gasteiger partial charge on any atom is -0.457 e. The third-order valence-electron chi connectivity index (χ3n) is 9.19. The van der Waals surface area contributed by atoms with E-state index in [1.54, 1.807) is 0 Å². The average Bonchev–Trinajstić information content (AvgIpc) is 3.09. The van der Waals surface area contributed by atoms with Crippen LogP contribution in [0, 0.1) is 0 Å². The third-order valence-corrected chi connectivity index (χ3v) is 9.19. The second kappa shape index (κ2) is 41.8. The molecule has 0 radical (unpaired) electrons. The lowest BCUT2D eigenvalue weighted by Gasteiger charge is -2.15. The zero-order valence-electron chi connectivity index (χ0n) is 32.3. The van der Waals surface area contributed by atoms with Crippen molar-refractivity contribution in [1.29, 1.82) is 0 Å². The Morgan fingerprint density at radius 3 is 1.35 bits per heavy atom. The largest absolute Gasteiger partial charge is 0.457 e. The molecule has 282 valence electrons. The fourth-order valence-electron chi connectivity index (χ4n) is 6.00. The van der Waals surface area contributed by atoms with Gasteiger partial charge in [-0.05, 0) is 70.6 Å². The van der Waals surface area contributed by atoms with Crippen molar-refractivity contribution in [2.24, 2.45) is 0 Å². The standard InChI is InChI=1S/C44H82O4/c1-3-5-7-9-11-13-15-17-18-19-20-21-22-23-24-25-26-27-29-31-33-35-37-39-44(46)48-43(41-45)42-47-40-38-36-34-32-30-28-16-14-12-10-8-6-4-2/h12,14-15,17,19-20,43,45H,3-11,13,16,18,21-42H2,1-2H3/b14-12-,17-15-,20-19-. The van der Waals surface area contributed by atoms with Gasteiger partial charge in [0.1, 0.15) is 6.10 Å². The van der Waals surface area contributed by atoms with Gasteiger partial charge in [0.05, 0.1) is 13.2 Å². The van der Waals surface area contributed by atoms with E-state index in [9.17, 15) is 9.90 Å². The normalized spacial score (nSPS) is 12.6. The van der Waals surface area contributed by atoms with E-state index < -0.39 is 6.10 Å². The molecule has 4 nitrogen and oxygen atoms in total. The van der Waals surface area contributed by atoms with Crippen molar-refractivity contribution >= 4 is 5.97 Å². The van der Waals surface area contributed by atoms with Gasteiger partial charge >= 0.3 is 5.97 Å². The number of hydrogen-bond acceptors (Lipinski definition) is 4. The molecule has 0 heterocycles. The van der Waals surface area contributed by atoms with Gasteiger partial charge < -0.3 is 14.6 Å². The Kier molecular flexibility index (Phi) is 40.6. The first kappa shape index (κ1) is 46.6. The van der Waals surface area contributed by atoms with Crippen LogP contribution in [-0.4, -0.2) is 37.0 Å². The number of unbranched alkanes of at least 4 members (excludes halogenated alkanes) is 25.